The van der Waals surface area contributed by atoms with E-state index in [0.29, 0.717) is 22.7 Å². The molecule has 4 rings (SSSR count). The number of carbonyl (C=O) groups excluding carboxylic acids is 1. The minimum atomic E-state index is -1.27. The lowest BCUT2D eigenvalue weighted by Crippen LogP contribution is -2.25. The van der Waals surface area contributed by atoms with E-state index in [0.717, 1.165) is 11.1 Å². The molecule has 2 N–H and O–H groups in total. The van der Waals surface area contributed by atoms with Crippen molar-refractivity contribution in [3.63, 3.8) is 0 Å². The first-order valence-corrected chi connectivity index (χ1v) is 9.51. The number of nitrogens with zero attached hydrogens (tertiary/aromatic N) is 1. The molecule has 1 aliphatic heterocycles. The third-order valence-electron chi connectivity index (χ3n) is 4.96. The van der Waals surface area contributed by atoms with Gasteiger partial charge in [0.1, 0.15) is 17.1 Å². The van der Waals surface area contributed by atoms with E-state index >= 15 is 0 Å². The summed E-state index contributed by atoms with van der Waals surface area (Å²) in [6.07, 6.45) is 3.54. The van der Waals surface area contributed by atoms with Crippen molar-refractivity contribution in [2.75, 3.05) is 12.0 Å². The molecule has 154 valence electrons. The molecular weight excluding hydrogens is 394 g/mol. The van der Waals surface area contributed by atoms with Gasteiger partial charge in [-0.05, 0) is 53.6 Å². The second-order valence-corrected chi connectivity index (χ2v) is 6.92. The molecule has 0 unspecified atom stereocenters. The molecule has 0 saturated heterocycles. The van der Waals surface area contributed by atoms with Crippen LogP contribution in [0.4, 0.5) is 5.69 Å². The number of phenols is 1. The standard InChI is InChI=1S/C25H19NO5/c1-31-20-10-7-16(8-11-20)13-18-14-22(17-5-3-2-4-6-17)26(24(18)28)19-9-12-23(27)21(15-19)25(29)30/h2-15,27H,1H3,(H,29,30)/b18-13+. The highest BCUT2D eigenvalue weighted by Gasteiger charge is 2.31. The molecule has 3 aromatic rings. The van der Waals surface area contributed by atoms with Gasteiger partial charge < -0.3 is 14.9 Å². The van der Waals surface area contributed by atoms with Crippen molar-refractivity contribution in [1.82, 2.24) is 0 Å². The van der Waals surface area contributed by atoms with Crippen LogP contribution in [0.3, 0.4) is 0 Å². The number of aromatic carboxylic acids is 1. The number of ether oxygens (including phenoxy) is 1. The van der Waals surface area contributed by atoms with Gasteiger partial charge in [-0.25, -0.2) is 4.79 Å². The predicted molar refractivity (Wildman–Crippen MR) is 118 cm³/mol. The first kappa shape index (κ1) is 20.0. The smallest absolute Gasteiger partial charge is 0.339 e. The van der Waals surface area contributed by atoms with Gasteiger partial charge in [0, 0.05) is 5.57 Å². The minimum Gasteiger partial charge on any atom is -0.507 e. The fourth-order valence-corrected chi connectivity index (χ4v) is 3.41. The quantitative estimate of drug-likeness (QED) is 0.599. The molecule has 1 aliphatic rings. The Labute approximate surface area is 179 Å². The zero-order valence-corrected chi connectivity index (χ0v) is 16.6. The zero-order chi connectivity index (χ0) is 22.0. The first-order chi connectivity index (χ1) is 15.0. The van der Waals surface area contributed by atoms with Gasteiger partial charge in [0.15, 0.2) is 0 Å². The van der Waals surface area contributed by atoms with Gasteiger partial charge in [-0.2, -0.15) is 0 Å². The van der Waals surface area contributed by atoms with Gasteiger partial charge >= 0.3 is 5.97 Å². The Balaban J connectivity index is 1.81. The lowest BCUT2D eigenvalue weighted by Gasteiger charge is -2.21. The molecule has 0 saturated carbocycles. The Hall–Kier alpha value is -4.32. The number of carboxylic acid groups (broad SMARTS) is 1. The highest BCUT2D eigenvalue weighted by molar-refractivity contribution is 6.23. The summed E-state index contributed by atoms with van der Waals surface area (Å²) in [5.41, 5.74) is 2.78. The van der Waals surface area contributed by atoms with Crippen molar-refractivity contribution >= 4 is 29.3 Å². The molecule has 6 nitrogen and oxygen atoms in total. The fraction of sp³-hybridized carbons (Fsp3) is 0.0400. The average molecular weight is 413 g/mol. The topological polar surface area (TPSA) is 87.1 Å². The van der Waals surface area contributed by atoms with E-state index in [1.807, 2.05) is 54.6 Å². The van der Waals surface area contributed by atoms with E-state index in [4.69, 9.17) is 4.74 Å². The molecule has 0 atom stereocenters. The third-order valence-corrected chi connectivity index (χ3v) is 4.96. The molecule has 0 fully saturated rings. The van der Waals surface area contributed by atoms with E-state index in [1.54, 1.807) is 19.3 Å². The largest absolute Gasteiger partial charge is 0.507 e. The van der Waals surface area contributed by atoms with Gasteiger partial charge in [-0.15, -0.1) is 0 Å². The number of hydrogen-bond acceptors (Lipinski definition) is 4. The Bertz CT molecular complexity index is 1210. The van der Waals surface area contributed by atoms with Gasteiger partial charge in [0.25, 0.3) is 5.91 Å². The summed E-state index contributed by atoms with van der Waals surface area (Å²) in [5.74, 6) is -1.21. The number of aromatic hydroxyl groups is 1. The molecule has 0 bridgehead atoms. The second kappa shape index (κ2) is 8.20. The predicted octanol–water partition coefficient (Wildman–Crippen LogP) is 4.57. The van der Waals surface area contributed by atoms with E-state index in [1.165, 1.54) is 23.1 Å². The fourth-order valence-electron chi connectivity index (χ4n) is 3.41. The van der Waals surface area contributed by atoms with Crippen molar-refractivity contribution in [2.24, 2.45) is 0 Å². The van der Waals surface area contributed by atoms with Crippen LogP contribution in [0.2, 0.25) is 0 Å². The van der Waals surface area contributed by atoms with E-state index in [9.17, 15) is 19.8 Å². The van der Waals surface area contributed by atoms with Crippen LogP contribution in [0.25, 0.3) is 11.8 Å². The lowest BCUT2D eigenvalue weighted by atomic mass is 10.1. The number of hydrogen-bond donors (Lipinski definition) is 2. The highest BCUT2D eigenvalue weighted by Crippen LogP contribution is 2.37. The highest BCUT2D eigenvalue weighted by atomic mass is 16.5. The van der Waals surface area contributed by atoms with Gasteiger partial charge in [-0.3, -0.25) is 9.69 Å². The summed E-state index contributed by atoms with van der Waals surface area (Å²) in [4.78, 5) is 26.3. The SMILES string of the molecule is COc1ccc(/C=C2\C=C(c3ccccc3)N(c3ccc(O)c(C(=O)O)c3)C2=O)cc1. The van der Waals surface area contributed by atoms with Crippen LogP contribution in [0.15, 0.2) is 84.4 Å². The Morgan fingerprint density at radius 2 is 1.71 bits per heavy atom. The van der Waals surface area contributed by atoms with Crippen LogP contribution >= 0.6 is 0 Å². The van der Waals surface area contributed by atoms with Crippen molar-refractivity contribution in [3.05, 3.63) is 101 Å². The Morgan fingerprint density at radius 3 is 2.35 bits per heavy atom. The molecular formula is C25H19NO5. The molecule has 1 heterocycles. The van der Waals surface area contributed by atoms with Crippen molar-refractivity contribution < 1.29 is 24.5 Å². The average Bonchev–Trinajstić information content (AvgIpc) is 3.11. The van der Waals surface area contributed by atoms with Crippen LogP contribution in [-0.2, 0) is 4.79 Å². The van der Waals surface area contributed by atoms with E-state index < -0.39 is 5.97 Å². The van der Waals surface area contributed by atoms with Crippen molar-refractivity contribution in [3.8, 4) is 11.5 Å². The molecule has 31 heavy (non-hydrogen) atoms. The number of benzene rings is 3. The van der Waals surface area contributed by atoms with Crippen molar-refractivity contribution in [2.45, 2.75) is 0 Å². The number of amides is 1. The van der Waals surface area contributed by atoms with E-state index in [-0.39, 0.29) is 17.2 Å². The van der Waals surface area contributed by atoms with Gasteiger partial charge in [0.05, 0.1) is 18.5 Å². The molecule has 3 aromatic carbocycles. The summed E-state index contributed by atoms with van der Waals surface area (Å²) in [6, 6.07) is 20.8. The number of carbonyl (C=O) groups is 2. The number of methoxy groups -OCH3 is 1. The third kappa shape index (κ3) is 3.91. The molecule has 0 spiro atoms. The molecule has 0 aliphatic carbocycles. The number of rotatable bonds is 5. The van der Waals surface area contributed by atoms with Crippen LogP contribution in [0.1, 0.15) is 21.5 Å². The van der Waals surface area contributed by atoms with Gasteiger partial charge in [0.2, 0.25) is 0 Å². The van der Waals surface area contributed by atoms with Crippen molar-refractivity contribution in [1.29, 1.82) is 0 Å². The zero-order valence-electron chi connectivity index (χ0n) is 16.6. The maximum Gasteiger partial charge on any atom is 0.339 e. The molecule has 6 heteroatoms. The molecule has 1 amide bonds. The molecule has 0 radical (unpaired) electrons. The van der Waals surface area contributed by atoms with Crippen LogP contribution in [0.5, 0.6) is 11.5 Å². The first-order valence-electron chi connectivity index (χ1n) is 9.51. The summed E-state index contributed by atoms with van der Waals surface area (Å²) in [6.45, 7) is 0. The van der Waals surface area contributed by atoms with Crippen LogP contribution in [0, 0.1) is 0 Å². The van der Waals surface area contributed by atoms with Crippen LogP contribution < -0.4 is 9.64 Å². The monoisotopic (exact) mass is 413 g/mol. The summed E-state index contributed by atoms with van der Waals surface area (Å²) in [7, 11) is 1.59. The normalized spacial score (nSPS) is 14.6. The summed E-state index contributed by atoms with van der Waals surface area (Å²) < 4.78 is 5.17. The summed E-state index contributed by atoms with van der Waals surface area (Å²) in [5, 5.41) is 19.2. The number of carboxylic acids is 1. The second-order valence-electron chi connectivity index (χ2n) is 6.92. The van der Waals surface area contributed by atoms with E-state index in [2.05, 4.69) is 0 Å². The Kier molecular flexibility index (Phi) is 5.28. The number of anilines is 1. The maximum atomic E-state index is 13.4. The van der Waals surface area contributed by atoms with Gasteiger partial charge in [-0.1, -0.05) is 42.5 Å². The lowest BCUT2D eigenvalue weighted by molar-refractivity contribution is -0.113. The Morgan fingerprint density at radius 1 is 1.00 bits per heavy atom. The molecule has 0 aromatic heterocycles. The maximum absolute atomic E-state index is 13.4. The summed E-state index contributed by atoms with van der Waals surface area (Å²) >= 11 is 0. The van der Waals surface area contributed by atoms with Crippen LogP contribution in [-0.4, -0.2) is 29.2 Å². The minimum absolute atomic E-state index is 0.273.